The van der Waals surface area contributed by atoms with Crippen LogP contribution >= 0.6 is 0 Å². The summed E-state index contributed by atoms with van der Waals surface area (Å²) >= 11 is 0. The summed E-state index contributed by atoms with van der Waals surface area (Å²) in [6, 6.07) is 9.53. The zero-order valence-electron chi connectivity index (χ0n) is 10.3. The van der Waals surface area contributed by atoms with E-state index in [2.05, 4.69) is 6.07 Å². The Kier molecular flexibility index (Phi) is 4.80. The highest BCUT2D eigenvalue weighted by atomic mass is 16.5. The van der Waals surface area contributed by atoms with Gasteiger partial charge in [-0.15, -0.1) is 0 Å². The molecular weight excluding hydrogens is 216 g/mol. The van der Waals surface area contributed by atoms with Gasteiger partial charge in [-0.2, -0.15) is 5.26 Å². The summed E-state index contributed by atoms with van der Waals surface area (Å²) in [5, 5.41) is 8.76. The fourth-order valence-corrected chi connectivity index (χ4v) is 1.42. The SMILES string of the molecule is COc1ccccc1OCCCC(C)(N)C#N. The summed E-state index contributed by atoms with van der Waals surface area (Å²) in [4.78, 5) is 0. The maximum Gasteiger partial charge on any atom is 0.161 e. The van der Waals surface area contributed by atoms with Gasteiger partial charge in [-0.25, -0.2) is 0 Å². The molecule has 2 N–H and O–H groups in total. The molecule has 0 aliphatic carbocycles. The molecule has 1 aromatic carbocycles. The Balaban J connectivity index is 2.39. The molecule has 4 nitrogen and oxygen atoms in total. The molecule has 0 fully saturated rings. The van der Waals surface area contributed by atoms with E-state index in [1.54, 1.807) is 14.0 Å². The largest absolute Gasteiger partial charge is 0.493 e. The van der Waals surface area contributed by atoms with Crippen molar-refractivity contribution in [1.29, 1.82) is 5.26 Å². The van der Waals surface area contributed by atoms with Crippen molar-refractivity contribution in [2.24, 2.45) is 5.73 Å². The first kappa shape index (κ1) is 13.3. The van der Waals surface area contributed by atoms with E-state index in [-0.39, 0.29) is 0 Å². The van der Waals surface area contributed by atoms with Gasteiger partial charge in [0.15, 0.2) is 11.5 Å². The summed E-state index contributed by atoms with van der Waals surface area (Å²) in [5.41, 5.74) is 4.94. The highest BCUT2D eigenvalue weighted by Gasteiger charge is 2.16. The van der Waals surface area contributed by atoms with E-state index < -0.39 is 5.54 Å². The van der Waals surface area contributed by atoms with Gasteiger partial charge in [-0.3, -0.25) is 0 Å². The van der Waals surface area contributed by atoms with E-state index in [1.165, 1.54) is 0 Å². The standard InChI is InChI=1S/C13H18N2O2/c1-13(15,10-14)8-5-9-17-12-7-4-3-6-11(12)16-2/h3-4,6-7H,5,8-9,15H2,1-2H3. The monoisotopic (exact) mass is 234 g/mol. The zero-order valence-corrected chi connectivity index (χ0v) is 10.3. The Morgan fingerprint density at radius 3 is 2.59 bits per heavy atom. The van der Waals surface area contributed by atoms with Crippen LogP contribution < -0.4 is 15.2 Å². The third-order valence-electron chi connectivity index (χ3n) is 2.42. The van der Waals surface area contributed by atoms with Crippen LogP contribution in [0.5, 0.6) is 11.5 Å². The van der Waals surface area contributed by atoms with Crippen LogP contribution in [0.1, 0.15) is 19.8 Å². The van der Waals surface area contributed by atoms with Crippen LogP contribution in [0.3, 0.4) is 0 Å². The van der Waals surface area contributed by atoms with Crippen LogP contribution in [0.4, 0.5) is 0 Å². The quantitative estimate of drug-likeness (QED) is 0.765. The van der Waals surface area contributed by atoms with Crippen molar-refractivity contribution < 1.29 is 9.47 Å². The van der Waals surface area contributed by atoms with Crippen molar-refractivity contribution in [3.05, 3.63) is 24.3 Å². The third kappa shape index (κ3) is 4.33. The predicted octanol–water partition coefficient (Wildman–Crippen LogP) is 2.10. The van der Waals surface area contributed by atoms with Crippen LogP contribution in [0.15, 0.2) is 24.3 Å². The van der Waals surface area contributed by atoms with Crippen LogP contribution in [-0.4, -0.2) is 19.3 Å². The van der Waals surface area contributed by atoms with Crippen molar-refractivity contribution in [3.63, 3.8) is 0 Å². The Hall–Kier alpha value is -1.73. The number of rotatable bonds is 6. The number of para-hydroxylation sites is 2. The summed E-state index contributed by atoms with van der Waals surface area (Å²) in [6.45, 7) is 2.24. The lowest BCUT2D eigenvalue weighted by Gasteiger charge is -2.15. The van der Waals surface area contributed by atoms with Crippen LogP contribution in [0.2, 0.25) is 0 Å². The number of benzene rings is 1. The van der Waals surface area contributed by atoms with Crippen LogP contribution in [0, 0.1) is 11.3 Å². The van der Waals surface area contributed by atoms with Gasteiger partial charge in [0.2, 0.25) is 0 Å². The van der Waals surface area contributed by atoms with Gasteiger partial charge in [0.25, 0.3) is 0 Å². The van der Waals surface area contributed by atoms with E-state index in [0.29, 0.717) is 24.5 Å². The number of nitrogens with zero attached hydrogens (tertiary/aromatic N) is 1. The maximum atomic E-state index is 8.76. The normalized spacial score (nSPS) is 13.5. The number of hydrogen-bond donors (Lipinski definition) is 1. The summed E-state index contributed by atoms with van der Waals surface area (Å²) in [6.07, 6.45) is 1.34. The topological polar surface area (TPSA) is 68.3 Å². The second kappa shape index (κ2) is 6.12. The molecule has 0 saturated heterocycles. The minimum Gasteiger partial charge on any atom is -0.493 e. The van der Waals surface area contributed by atoms with Crippen molar-refractivity contribution in [1.82, 2.24) is 0 Å². The van der Waals surface area contributed by atoms with Gasteiger partial charge in [0, 0.05) is 0 Å². The van der Waals surface area contributed by atoms with Gasteiger partial charge in [0.1, 0.15) is 5.54 Å². The second-order valence-corrected chi connectivity index (χ2v) is 4.13. The molecule has 4 heteroatoms. The molecular formula is C13H18N2O2. The molecule has 92 valence electrons. The number of nitrogens with two attached hydrogens (primary N) is 1. The first-order chi connectivity index (χ1) is 8.09. The van der Waals surface area contributed by atoms with E-state index in [9.17, 15) is 0 Å². The summed E-state index contributed by atoms with van der Waals surface area (Å²) < 4.78 is 10.7. The molecule has 1 rings (SSSR count). The van der Waals surface area contributed by atoms with Crippen LogP contribution in [-0.2, 0) is 0 Å². The molecule has 0 radical (unpaired) electrons. The first-order valence-electron chi connectivity index (χ1n) is 5.55. The first-order valence-corrected chi connectivity index (χ1v) is 5.55. The Morgan fingerprint density at radius 2 is 2.00 bits per heavy atom. The lowest BCUT2D eigenvalue weighted by molar-refractivity contribution is 0.278. The lowest BCUT2D eigenvalue weighted by Crippen LogP contribution is -2.34. The molecule has 1 atom stereocenters. The molecule has 0 aliphatic rings. The molecule has 0 aliphatic heterocycles. The number of nitriles is 1. The van der Waals surface area contributed by atoms with Gasteiger partial charge >= 0.3 is 0 Å². The number of hydrogen-bond acceptors (Lipinski definition) is 4. The van der Waals surface area contributed by atoms with Crippen LogP contribution in [0.25, 0.3) is 0 Å². The van der Waals surface area contributed by atoms with Gasteiger partial charge < -0.3 is 15.2 Å². The van der Waals surface area contributed by atoms with Gasteiger partial charge in [0.05, 0.1) is 19.8 Å². The van der Waals surface area contributed by atoms with E-state index >= 15 is 0 Å². The molecule has 0 amide bonds. The Bertz CT molecular complexity index is 397. The van der Waals surface area contributed by atoms with Crippen molar-refractivity contribution in [2.75, 3.05) is 13.7 Å². The zero-order chi connectivity index (χ0) is 12.7. The smallest absolute Gasteiger partial charge is 0.161 e. The van der Waals surface area contributed by atoms with E-state index in [1.807, 2.05) is 24.3 Å². The molecule has 0 saturated carbocycles. The molecule has 1 unspecified atom stereocenters. The molecule has 0 aromatic heterocycles. The fraction of sp³-hybridized carbons (Fsp3) is 0.462. The predicted molar refractivity (Wildman–Crippen MR) is 65.9 cm³/mol. The van der Waals surface area contributed by atoms with E-state index in [4.69, 9.17) is 20.5 Å². The molecule has 0 bridgehead atoms. The highest BCUT2D eigenvalue weighted by Crippen LogP contribution is 2.26. The minimum absolute atomic E-state index is 0.523. The lowest BCUT2D eigenvalue weighted by atomic mass is 10.00. The minimum atomic E-state index is -0.774. The van der Waals surface area contributed by atoms with Crippen molar-refractivity contribution in [2.45, 2.75) is 25.3 Å². The third-order valence-corrected chi connectivity index (χ3v) is 2.42. The highest BCUT2D eigenvalue weighted by molar-refractivity contribution is 5.39. The number of ether oxygens (including phenoxy) is 2. The van der Waals surface area contributed by atoms with Crippen molar-refractivity contribution >= 4 is 0 Å². The van der Waals surface area contributed by atoms with Gasteiger partial charge in [-0.05, 0) is 31.9 Å². The maximum absolute atomic E-state index is 8.76. The Morgan fingerprint density at radius 1 is 1.35 bits per heavy atom. The number of methoxy groups -OCH3 is 1. The van der Waals surface area contributed by atoms with E-state index in [0.717, 1.165) is 6.42 Å². The Labute approximate surface area is 102 Å². The van der Waals surface area contributed by atoms with Gasteiger partial charge in [-0.1, -0.05) is 12.1 Å². The molecule has 0 spiro atoms. The molecule has 0 heterocycles. The molecule has 17 heavy (non-hydrogen) atoms. The fourth-order valence-electron chi connectivity index (χ4n) is 1.42. The van der Waals surface area contributed by atoms with Crippen molar-refractivity contribution in [3.8, 4) is 17.6 Å². The average molecular weight is 234 g/mol. The average Bonchev–Trinajstić information content (AvgIpc) is 2.35. The molecule has 1 aromatic rings. The second-order valence-electron chi connectivity index (χ2n) is 4.13. The summed E-state index contributed by atoms with van der Waals surface area (Å²) in [5.74, 6) is 1.42. The summed E-state index contributed by atoms with van der Waals surface area (Å²) in [7, 11) is 1.61.